The number of fused-ring (bicyclic) bond motifs is 1. The van der Waals surface area contributed by atoms with Crippen molar-refractivity contribution in [3.05, 3.63) is 0 Å². The molecule has 1 spiro atoms. The number of nitrogens with zero attached hydrogens (tertiary/aromatic N) is 1. The number of nitrogens with one attached hydrogen (secondary N) is 1. The number of amides is 2. The molecule has 2 N–H and O–H groups in total. The first-order valence-electron chi connectivity index (χ1n) is 10.6. The molecule has 3 aliphatic heterocycles. The number of carbonyl (C=O) groups is 3. The van der Waals surface area contributed by atoms with Crippen molar-refractivity contribution < 1.29 is 24.2 Å². The van der Waals surface area contributed by atoms with Crippen LogP contribution in [-0.4, -0.2) is 73.5 Å². The normalized spacial score (nSPS) is 36.2. The fourth-order valence-electron chi connectivity index (χ4n) is 5.29. The summed E-state index contributed by atoms with van der Waals surface area (Å²) in [6.45, 7) is 11.3. The number of thioether (sulfide) groups is 1. The smallest absolute Gasteiger partial charge is 0.310 e. The molecule has 0 aromatic heterocycles. The monoisotopic (exact) mass is 504 g/mol. The minimum Gasteiger partial charge on any atom is -0.466 e. The number of halogens is 1. The Morgan fingerprint density at radius 2 is 2.03 bits per heavy atom. The van der Waals surface area contributed by atoms with Crippen LogP contribution in [0.15, 0.2) is 0 Å². The number of hydrogen-bond donors (Lipinski definition) is 2. The second-order valence-electron chi connectivity index (χ2n) is 9.89. The van der Waals surface area contributed by atoms with Crippen molar-refractivity contribution >= 4 is 45.5 Å². The van der Waals surface area contributed by atoms with E-state index in [0.717, 1.165) is 0 Å². The molecule has 30 heavy (non-hydrogen) atoms. The van der Waals surface area contributed by atoms with E-state index in [9.17, 15) is 19.5 Å². The molecule has 0 radical (unpaired) electrons. The van der Waals surface area contributed by atoms with Crippen LogP contribution in [0.2, 0.25) is 0 Å². The van der Waals surface area contributed by atoms with Crippen molar-refractivity contribution in [2.75, 3.05) is 13.2 Å². The van der Waals surface area contributed by atoms with E-state index in [1.54, 1.807) is 23.6 Å². The van der Waals surface area contributed by atoms with Gasteiger partial charge in [-0.2, -0.15) is 0 Å². The second-order valence-corrected chi connectivity index (χ2v) is 12.6. The molecule has 2 amide bonds. The Kier molecular flexibility index (Phi) is 6.58. The van der Waals surface area contributed by atoms with E-state index < -0.39 is 34.2 Å². The van der Waals surface area contributed by atoms with Gasteiger partial charge in [-0.05, 0) is 40.0 Å². The third kappa shape index (κ3) is 3.68. The predicted molar refractivity (Wildman–Crippen MR) is 119 cm³/mol. The van der Waals surface area contributed by atoms with E-state index >= 15 is 0 Å². The zero-order chi connectivity index (χ0) is 22.6. The van der Waals surface area contributed by atoms with Gasteiger partial charge < -0.3 is 20.1 Å². The summed E-state index contributed by atoms with van der Waals surface area (Å²) in [5.74, 6) is -2.08. The van der Waals surface area contributed by atoms with Crippen molar-refractivity contribution in [2.24, 2.45) is 17.8 Å². The van der Waals surface area contributed by atoms with Crippen LogP contribution in [0, 0.1) is 17.8 Å². The summed E-state index contributed by atoms with van der Waals surface area (Å²) in [5.41, 5.74) is -0.470. The molecule has 3 saturated heterocycles. The predicted octanol–water partition coefficient (Wildman–Crippen LogP) is 1.95. The lowest BCUT2D eigenvalue weighted by atomic mass is 9.71. The first-order valence-corrected chi connectivity index (χ1v) is 12.4. The van der Waals surface area contributed by atoms with E-state index in [2.05, 4.69) is 21.2 Å². The number of aliphatic hydroxyl groups excluding tert-OH is 1. The van der Waals surface area contributed by atoms with Gasteiger partial charge in [0.2, 0.25) is 11.8 Å². The van der Waals surface area contributed by atoms with E-state index in [1.165, 1.54) is 0 Å². The molecule has 9 heteroatoms. The van der Waals surface area contributed by atoms with Crippen LogP contribution in [0.1, 0.15) is 48.0 Å². The van der Waals surface area contributed by atoms with Gasteiger partial charge in [0.05, 0.1) is 35.8 Å². The Morgan fingerprint density at radius 3 is 2.53 bits per heavy atom. The zero-order valence-corrected chi connectivity index (χ0v) is 20.9. The molecule has 170 valence electrons. The first-order chi connectivity index (χ1) is 13.9. The van der Waals surface area contributed by atoms with Gasteiger partial charge in [-0.3, -0.25) is 14.4 Å². The Labute approximate surface area is 191 Å². The zero-order valence-electron chi connectivity index (χ0n) is 18.5. The highest BCUT2D eigenvalue weighted by atomic mass is 79.9. The van der Waals surface area contributed by atoms with E-state index in [4.69, 9.17) is 4.74 Å². The number of hydrogen-bond acceptors (Lipinski definition) is 6. The van der Waals surface area contributed by atoms with Crippen molar-refractivity contribution in [3.8, 4) is 0 Å². The maximum absolute atomic E-state index is 13.8. The van der Waals surface area contributed by atoms with Crippen molar-refractivity contribution in [3.63, 3.8) is 0 Å². The molecule has 3 rings (SSSR count). The average molecular weight is 505 g/mol. The average Bonchev–Trinajstić information content (AvgIpc) is 3.18. The van der Waals surface area contributed by atoms with Crippen LogP contribution in [0.25, 0.3) is 0 Å². The number of rotatable bonds is 6. The maximum atomic E-state index is 13.8. The van der Waals surface area contributed by atoms with Crippen LogP contribution < -0.4 is 5.32 Å². The van der Waals surface area contributed by atoms with E-state index in [1.807, 2.05) is 34.6 Å². The lowest BCUT2D eigenvalue weighted by Crippen LogP contribution is -2.60. The Bertz CT molecular complexity index is 727. The highest BCUT2D eigenvalue weighted by molar-refractivity contribution is 9.09. The number of alkyl halides is 1. The van der Waals surface area contributed by atoms with E-state index in [0.29, 0.717) is 6.42 Å². The largest absolute Gasteiger partial charge is 0.466 e. The molecule has 2 bridgehead atoms. The first kappa shape index (κ1) is 23.9. The summed E-state index contributed by atoms with van der Waals surface area (Å²) in [5, 5.41) is 13.0. The van der Waals surface area contributed by atoms with Gasteiger partial charge in [-0.25, -0.2) is 0 Å². The lowest BCUT2D eigenvalue weighted by molar-refractivity contribution is -0.154. The van der Waals surface area contributed by atoms with Gasteiger partial charge in [0.15, 0.2) is 0 Å². The molecule has 7 nitrogen and oxygen atoms in total. The Balaban J connectivity index is 2.11. The number of carbonyl (C=O) groups excluding carboxylic acids is 3. The molecule has 0 saturated carbocycles. The fraction of sp³-hybridized carbons (Fsp3) is 0.857. The van der Waals surface area contributed by atoms with Gasteiger partial charge in [0, 0.05) is 15.6 Å². The summed E-state index contributed by atoms with van der Waals surface area (Å²) >= 11 is 5.28. The maximum Gasteiger partial charge on any atom is 0.310 e. The van der Waals surface area contributed by atoms with Crippen LogP contribution in [0.5, 0.6) is 0 Å². The minimum absolute atomic E-state index is 0.0115. The molecule has 0 aromatic rings. The number of aliphatic hydroxyl groups is 1. The van der Waals surface area contributed by atoms with Crippen LogP contribution in [-0.2, 0) is 19.1 Å². The molecule has 0 aromatic carbocycles. The van der Waals surface area contributed by atoms with Crippen LogP contribution in [0.4, 0.5) is 0 Å². The molecule has 3 unspecified atom stereocenters. The molecule has 3 heterocycles. The van der Waals surface area contributed by atoms with Gasteiger partial charge in [-0.15, -0.1) is 11.8 Å². The number of ether oxygens (including phenoxy) is 1. The molecule has 3 aliphatic rings. The SMILES string of the molecule is CCOC(=O)[C@H]1[C@H]2C(=O)N([C@@H](CO)C(C)C)C(C(=O)NC(C)(C)C)C23CC(Br)[C@@H]1S3. The molecule has 3 fully saturated rings. The fourth-order valence-corrected chi connectivity index (χ4v) is 8.88. The third-order valence-corrected chi connectivity index (χ3v) is 9.57. The molecular formula is C21H33BrN2O5S. The van der Waals surface area contributed by atoms with Gasteiger partial charge >= 0.3 is 5.97 Å². The highest BCUT2D eigenvalue weighted by Gasteiger charge is 2.76. The van der Waals surface area contributed by atoms with Crippen molar-refractivity contribution in [2.45, 2.75) is 80.4 Å². The molecule has 0 aliphatic carbocycles. The molecule has 7 atom stereocenters. The standard InChI is InChI=1S/C21H33BrN2O5S/c1-7-29-19(28)13-14-18(27)24(12(9-25)10(2)3)16(17(26)23-20(4,5)6)21(14)8-11(22)15(13)30-21/h10-16,25H,7-9H2,1-6H3,(H,23,26)/t11?,12-,13-,14-,15-,16?,21?/m0/s1. The van der Waals surface area contributed by atoms with E-state index in [-0.39, 0.29) is 47.0 Å². The highest BCUT2D eigenvalue weighted by Crippen LogP contribution is 2.68. The number of likely N-dealkylation sites (tertiary alicyclic amines) is 1. The van der Waals surface area contributed by atoms with Gasteiger partial charge in [-0.1, -0.05) is 29.8 Å². The lowest BCUT2D eigenvalue weighted by Gasteiger charge is -2.39. The summed E-state index contributed by atoms with van der Waals surface area (Å²) in [4.78, 5) is 41.8. The van der Waals surface area contributed by atoms with Crippen LogP contribution >= 0.6 is 27.7 Å². The Morgan fingerprint density at radius 1 is 1.40 bits per heavy atom. The van der Waals surface area contributed by atoms with Crippen molar-refractivity contribution in [1.29, 1.82) is 0 Å². The quantitative estimate of drug-likeness (QED) is 0.423. The van der Waals surface area contributed by atoms with Gasteiger partial charge in [0.25, 0.3) is 0 Å². The summed E-state index contributed by atoms with van der Waals surface area (Å²) in [6, 6.07) is -1.24. The van der Waals surface area contributed by atoms with Crippen LogP contribution in [0.3, 0.4) is 0 Å². The summed E-state index contributed by atoms with van der Waals surface area (Å²) in [6.07, 6.45) is 0.615. The summed E-state index contributed by atoms with van der Waals surface area (Å²) in [7, 11) is 0. The minimum atomic E-state index is -0.747. The molecular weight excluding hydrogens is 472 g/mol. The van der Waals surface area contributed by atoms with Gasteiger partial charge in [0.1, 0.15) is 6.04 Å². The second kappa shape index (κ2) is 8.28. The third-order valence-electron chi connectivity index (χ3n) is 6.35. The summed E-state index contributed by atoms with van der Waals surface area (Å²) < 4.78 is 4.61. The number of esters is 1. The Hall–Kier alpha value is -0.800. The van der Waals surface area contributed by atoms with Crippen molar-refractivity contribution in [1.82, 2.24) is 10.2 Å². The topological polar surface area (TPSA) is 95.9 Å².